The lowest BCUT2D eigenvalue weighted by Crippen LogP contribution is -2.01. The molecule has 0 fully saturated rings. The number of aromatic carboxylic acids is 1. The van der Waals surface area contributed by atoms with Crippen LogP contribution < -0.4 is 0 Å². The number of carboxylic acids is 1. The molecule has 6 heteroatoms. The summed E-state index contributed by atoms with van der Waals surface area (Å²) in [6, 6.07) is 8.74. The van der Waals surface area contributed by atoms with Crippen LogP contribution in [0.5, 0.6) is 0 Å². The summed E-state index contributed by atoms with van der Waals surface area (Å²) < 4.78 is 38.8. The molecule has 0 unspecified atom stereocenters. The zero-order chi connectivity index (χ0) is 26.1. The highest BCUT2D eigenvalue weighted by molar-refractivity contribution is 5.89. The fraction of sp³-hybridized carbons (Fsp3) is 0.310. The number of halogens is 3. The topological polar surface area (TPSA) is 50.2 Å². The summed E-state index contributed by atoms with van der Waals surface area (Å²) in [5.74, 6) is -2.53. The Morgan fingerprint density at radius 2 is 1.63 bits per heavy atom. The van der Waals surface area contributed by atoms with Crippen molar-refractivity contribution >= 4 is 11.5 Å². The van der Waals surface area contributed by atoms with Gasteiger partial charge >= 0.3 is 5.97 Å². The van der Waals surface area contributed by atoms with E-state index in [1.165, 1.54) is 29.3 Å². The fourth-order valence-corrected chi connectivity index (χ4v) is 3.73. The molecule has 1 heterocycles. The molecule has 0 spiro atoms. The van der Waals surface area contributed by atoms with Gasteiger partial charge in [-0.3, -0.25) is 4.98 Å². The van der Waals surface area contributed by atoms with E-state index in [0.717, 1.165) is 42.2 Å². The summed E-state index contributed by atoms with van der Waals surface area (Å²) in [4.78, 5) is 14.9. The van der Waals surface area contributed by atoms with Gasteiger partial charge in [-0.15, -0.1) is 0 Å². The van der Waals surface area contributed by atoms with Crippen LogP contribution in [-0.2, 0) is 6.42 Å². The zero-order valence-electron chi connectivity index (χ0n) is 20.9. The van der Waals surface area contributed by atoms with Gasteiger partial charge in [0.25, 0.3) is 0 Å². The Kier molecular flexibility index (Phi) is 10.2. The number of aryl methyl sites for hydroxylation is 3. The van der Waals surface area contributed by atoms with Crippen LogP contribution in [0.15, 0.2) is 48.7 Å². The number of aromatic nitrogens is 1. The lowest BCUT2D eigenvalue weighted by molar-refractivity contribution is 0.0692. The van der Waals surface area contributed by atoms with E-state index in [-0.39, 0.29) is 17.2 Å². The van der Waals surface area contributed by atoms with E-state index in [1.807, 2.05) is 20.0 Å². The van der Waals surface area contributed by atoms with E-state index in [9.17, 15) is 18.0 Å². The van der Waals surface area contributed by atoms with Gasteiger partial charge in [-0.05, 0) is 111 Å². The first-order valence-electron chi connectivity index (χ1n) is 11.6. The number of hydrogen-bond donors (Lipinski definition) is 1. The highest BCUT2D eigenvalue weighted by Gasteiger charge is 2.14. The van der Waals surface area contributed by atoms with E-state index in [2.05, 4.69) is 31.0 Å². The zero-order valence-corrected chi connectivity index (χ0v) is 20.9. The Labute approximate surface area is 205 Å². The molecule has 0 bridgehead atoms. The second-order valence-corrected chi connectivity index (χ2v) is 8.52. The van der Waals surface area contributed by atoms with Gasteiger partial charge in [0.1, 0.15) is 17.5 Å². The van der Waals surface area contributed by atoms with Crippen molar-refractivity contribution in [2.24, 2.45) is 0 Å². The third-order valence-corrected chi connectivity index (χ3v) is 5.91. The molecular formula is C29H32F3NO2. The van der Waals surface area contributed by atoms with E-state index in [0.29, 0.717) is 17.5 Å². The van der Waals surface area contributed by atoms with Gasteiger partial charge < -0.3 is 5.11 Å². The minimum absolute atomic E-state index is 0.250. The molecule has 35 heavy (non-hydrogen) atoms. The molecule has 0 aliphatic heterocycles. The van der Waals surface area contributed by atoms with E-state index in [4.69, 9.17) is 5.11 Å². The number of nitrogens with zero attached hydrogens (tertiary/aromatic N) is 1. The summed E-state index contributed by atoms with van der Waals surface area (Å²) in [5.41, 5.74) is 6.23. The maximum absolute atomic E-state index is 13.1. The molecule has 1 N–H and O–H groups in total. The Balaban J connectivity index is 0.000000193. The molecule has 4 rings (SSSR count). The Bertz CT molecular complexity index is 1220. The maximum Gasteiger partial charge on any atom is 0.338 e. The minimum Gasteiger partial charge on any atom is -0.478 e. The van der Waals surface area contributed by atoms with Gasteiger partial charge in [0.2, 0.25) is 0 Å². The van der Waals surface area contributed by atoms with Crippen LogP contribution in [0.4, 0.5) is 13.2 Å². The highest BCUT2D eigenvalue weighted by atomic mass is 19.1. The lowest BCUT2D eigenvalue weighted by Gasteiger charge is -2.04. The van der Waals surface area contributed by atoms with Crippen LogP contribution in [0.1, 0.15) is 70.1 Å². The predicted molar refractivity (Wildman–Crippen MR) is 134 cm³/mol. The molecule has 0 saturated heterocycles. The summed E-state index contributed by atoms with van der Waals surface area (Å²) >= 11 is 0. The smallest absolute Gasteiger partial charge is 0.338 e. The molecule has 186 valence electrons. The normalized spacial score (nSPS) is 12.2. The fourth-order valence-electron chi connectivity index (χ4n) is 3.73. The molecule has 0 atom stereocenters. The molecule has 0 amide bonds. The van der Waals surface area contributed by atoms with Gasteiger partial charge in [0.05, 0.1) is 5.56 Å². The van der Waals surface area contributed by atoms with Crippen molar-refractivity contribution in [2.45, 2.75) is 60.3 Å². The van der Waals surface area contributed by atoms with E-state index in [1.54, 1.807) is 13.0 Å². The summed E-state index contributed by atoms with van der Waals surface area (Å²) in [7, 11) is 0. The molecular weight excluding hydrogens is 451 g/mol. The first-order valence-corrected chi connectivity index (χ1v) is 11.6. The first-order chi connectivity index (χ1) is 16.5. The molecule has 3 aromatic rings. The summed E-state index contributed by atoms with van der Waals surface area (Å²) in [6.45, 7) is 9.56. The Morgan fingerprint density at radius 3 is 2.14 bits per heavy atom. The molecule has 0 radical (unpaired) electrons. The molecule has 2 aromatic carbocycles. The number of allylic oxidation sites excluding steroid dienone is 2. The molecule has 0 saturated carbocycles. The van der Waals surface area contributed by atoms with E-state index >= 15 is 0 Å². The number of rotatable bonds is 3. The monoisotopic (exact) mass is 483 g/mol. The van der Waals surface area contributed by atoms with Crippen molar-refractivity contribution in [2.75, 3.05) is 0 Å². The SMILES string of the molecule is CCc1c(F)ccc(F)c1C.Cc1cnc(C)c(C)c1.O=C(O)c1cc(C2=CCCC2)ccc1F. The van der Waals surface area contributed by atoms with Gasteiger partial charge in [-0.1, -0.05) is 25.1 Å². The molecule has 1 aliphatic rings. The van der Waals surface area contributed by atoms with Gasteiger partial charge in [0, 0.05) is 11.9 Å². The van der Waals surface area contributed by atoms with Crippen molar-refractivity contribution in [3.63, 3.8) is 0 Å². The highest BCUT2D eigenvalue weighted by Crippen LogP contribution is 2.28. The average molecular weight is 484 g/mol. The van der Waals surface area contributed by atoms with Crippen LogP contribution >= 0.6 is 0 Å². The second kappa shape index (κ2) is 12.9. The third kappa shape index (κ3) is 7.81. The van der Waals surface area contributed by atoms with Crippen LogP contribution in [-0.4, -0.2) is 16.1 Å². The maximum atomic E-state index is 13.1. The number of carbonyl (C=O) groups is 1. The minimum atomic E-state index is -1.21. The first kappa shape index (κ1) is 27.8. The van der Waals surface area contributed by atoms with Crippen LogP contribution in [0.25, 0.3) is 5.57 Å². The van der Waals surface area contributed by atoms with Crippen molar-refractivity contribution in [3.8, 4) is 0 Å². The number of benzene rings is 2. The second-order valence-electron chi connectivity index (χ2n) is 8.52. The van der Waals surface area contributed by atoms with Crippen molar-refractivity contribution in [1.29, 1.82) is 0 Å². The standard InChI is InChI=1S/C12H11FO2.C9H10F2.C8H11N/c13-11-6-5-9(7-10(11)12(14)15)8-3-1-2-4-8;1-3-7-6(2)8(10)4-5-9(7)11;1-6-4-7(2)8(3)9-5-6/h3,5-7H,1-2,4H2,(H,14,15);4-5H,3H2,1-2H3;4-5H,1-3H3. The quantitative estimate of drug-likeness (QED) is 0.411. The van der Waals surface area contributed by atoms with Crippen LogP contribution in [0.2, 0.25) is 0 Å². The predicted octanol–water partition coefficient (Wildman–Crippen LogP) is 7.93. The Morgan fingerprint density at radius 1 is 0.971 bits per heavy atom. The molecule has 1 aliphatic carbocycles. The molecule has 3 nitrogen and oxygen atoms in total. The van der Waals surface area contributed by atoms with Crippen LogP contribution in [0.3, 0.4) is 0 Å². The van der Waals surface area contributed by atoms with Gasteiger partial charge in [-0.25, -0.2) is 18.0 Å². The average Bonchev–Trinajstić information content (AvgIpc) is 3.36. The third-order valence-electron chi connectivity index (χ3n) is 5.91. The largest absolute Gasteiger partial charge is 0.478 e. The Hall–Kier alpha value is -3.41. The van der Waals surface area contributed by atoms with Gasteiger partial charge in [-0.2, -0.15) is 0 Å². The van der Waals surface area contributed by atoms with Gasteiger partial charge in [0.15, 0.2) is 0 Å². The van der Waals surface area contributed by atoms with Crippen molar-refractivity contribution in [3.05, 3.63) is 105 Å². The summed E-state index contributed by atoms with van der Waals surface area (Å²) in [6.07, 6.45) is 7.57. The number of carboxylic acid groups (broad SMARTS) is 1. The van der Waals surface area contributed by atoms with Crippen LogP contribution in [0, 0.1) is 45.1 Å². The van der Waals surface area contributed by atoms with Crippen molar-refractivity contribution in [1.82, 2.24) is 4.98 Å². The van der Waals surface area contributed by atoms with E-state index < -0.39 is 11.8 Å². The summed E-state index contributed by atoms with van der Waals surface area (Å²) in [5, 5.41) is 8.77. The lowest BCUT2D eigenvalue weighted by atomic mass is 10.0. The number of pyridine rings is 1. The molecule has 1 aromatic heterocycles. The van der Waals surface area contributed by atoms with Crippen molar-refractivity contribution < 1.29 is 23.1 Å². The number of hydrogen-bond acceptors (Lipinski definition) is 2.